The summed E-state index contributed by atoms with van der Waals surface area (Å²) in [6.45, 7) is 3.89. The van der Waals surface area contributed by atoms with Crippen molar-refractivity contribution in [1.29, 1.82) is 0 Å². The topological polar surface area (TPSA) is 72.2 Å². The highest BCUT2D eigenvalue weighted by atomic mass is 32.2. The van der Waals surface area contributed by atoms with Crippen LogP contribution < -0.4 is 10.5 Å². The van der Waals surface area contributed by atoms with Crippen molar-refractivity contribution in [1.82, 2.24) is 4.72 Å². The monoisotopic (exact) mass is 234 g/mol. The molecule has 0 aliphatic heterocycles. The Hall–Kier alpha value is -0.430. The summed E-state index contributed by atoms with van der Waals surface area (Å²) in [5.41, 5.74) is 5.46. The van der Waals surface area contributed by atoms with Crippen LogP contribution in [0.25, 0.3) is 0 Å². The van der Waals surface area contributed by atoms with Gasteiger partial charge in [0, 0.05) is 17.5 Å². The van der Waals surface area contributed by atoms with Gasteiger partial charge < -0.3 is 5.73 Å². The number of rotatable bonds is 4. The van der Waals surface area contributed by atoms with E-state index in [1.54, 1.807) is 19.1 Å². The fourth-order valence-electron chi connectivity index (χ4n) is 0.869. The van der Waals surface area contributed by atoms with Crippen molar-refractivity contribution in [2.24, 2.45) is 5.73 Å². The van der Waals surface area contributed by atoms with Crippen molar-refractivity contribution in [2.75, 3.05) is 6.54 Å². The van der Waals surface area contributed by atoms with Gasteiger partial charge in [0.15, 0.2) is 0 Å². The molecule has 1 aromatic rings. The first-order valence-electron chi connectivity index (χ1n) is 4.23. The molecular weight excluding hydrogens is 220 g/mol. The number of nitrogens with two attached hydrogens (primary N) is 1. The Bertz CT molecular complexity index is 395. The lowest BCUT2D eigenvalue weighted by Gasteiger charge is -2.06. The number of nitrogens with one attached hydrogen (secondary N) is 1. The molecule has 0 aromatic carbocycles. The molecule has 0 bridgehead atoms. The molecule has 0 fully saturated rings. The third-order valence-corrected chi connectivity index (χ3v) is 4.49. The molecular formula is C8H14N2O2S2. The van der Waals surface area contributed by atoms with Crippen LogP contribution in [-0.2, 0) is 10.0 Å². The summed E-state index contributed by atoms with van der Waals surface area (Å²) in [7, 11) is -3.35. The van der Waals surface area contributed by atoms with Crippen LogP contribution in [0.15, 0.2) is 16.3 Å². The van der Waals surface area contributed by atoms with Crippen LogP contribution in [0, 0.1) is 6.92 Å². The Morgan fingerprint density at radius 1 is 1.57 bits per heavy atom. The van der Waals surface area contributed by atoms with Crippen molar-refractivity contribution in [3.8, 4) is 0 Å². The van der Waals surface area contributed by atoms with Gasteiger partial charge in [-0.25, -0.2) is 13.1 Å². The van der Waals surface area contributed by atoms with E-state index in [4.69, 9.17) is 5.73 Å². The summed E-state index contributed by atoms with van der Waals surface area (Å²) < 4.78 is 26.0. The molecule has 0 aliphatic rings. The van der Waals surface area contributed by atoms with Gasteiger partial charge in [-0.3, -0.25) is 0 Å². The molecule has 0 aliphatic carbocycles. The first-order valence-corrected chi connectivity index (χ1v) is 6.53. The molecule has 0 saturated carbocycles. The Morgan fingerprint density at radius 3 is 2.64 bits per heavy atom. The second-order valence-corrected chi connectivity index (χ2v) is 6.48. The molecule has 0 amide bonds. The summed E-state index contributed by atoms with van der Waals surface area (Å²) in [5.74, 6) is 0. The molecule has 0 spiro atoms. The van der Waals surface area contributed by atoms with Gasteiger partial charge in [-0.05, 0) is 26.0 Å². The van der Waals surface area contributed by atoms with E-state index in [0.717, 1.165) is 4.88 Å². The average Bonchev–Trinajstić information content (AvgIpc) is 2.49. The van der Waals surface area contributed by atoms with Crippen molar-refractivity contribution < 1.29 is 8.42 Å². The summed E-state index contributed by atoms with van der Waals surface area (Å²) in [6.07, 6.45) is 0. The minimum absolute atomic E-state index is 0.175. The zero-order chi connectivity index (χ0) is 10.8. The van der Waals surface area contributed by atoms with Crippen molar-refractivity contribution >= 4 is 21.4 Å². The zero-order valence-corrected chi connectivity index (χ0v) is 9.78. The molecule has 1 aromatic heterocycles. The number of sulfonamides is 1. The van der Waals surface area contributed by atoms with E-state index in [1.165, 1.54) is 11.3 Å². The molecule has 0 saturated heterocycles. The third-order valence-electron chi connectivity index (χ3n) is 1.58. The van der Waals surface area contributed by atoms with Crippen LogP contribution in [0.4, 0.5) is 0 Å². The van der Waals surface area contributed by atoms with Crippen LogP contribution in [0.2, 0.25) is 0 Å². The van der Waals surface area contributed by atoms with Crippen molar-refractivity contribution in [3.63, 3.8) is 0 Å². The van der Waals surface area contributed by atoms with Crippen molar-refractivity contribution in [2.45, 2.75) is 24.1 Å². The van der Waals surface area contributed by atoms with E-state index in [1.807, 2.05) is 6.92 Å². The zero-order valence-electron chi connectivity index (χ0n) is 8.15. The first kappa shape index (κ1) is 11.6. The Morgan fingerprint density at radius 2 is 2.21 bits per heavy atom. The Labute approximate surface area is 88.2 Å². The fraction of sp³-hybridized carbons (Fsp3) is 0.500. The van der Waals surface area contributed by atoms with E-state index >= 15 is 0 Å². The summed E-state index contributed by atoms with van der Waals surface area (Å²) >= 11 is 1.26. The minimum atomic E-state index is -3.35. The molecule has 4 nitrogen and oxygen atoms in total. The second kappa shape index (κ2) is 4.39. The van der Waals surface area contributed by atoms with Gasteiger partial charge in [0.2, 0.25) is 10.0 Å². The SMILES string of the molecule is Cc1ccc(S(=O)(=O)NCC(C)N)s1. The van der Waals surface area contributed by atoms with Gasteiger partial charge in [-0.15, -0.1) is 11.3 Å². The molecule has 1 rings (SSSR count). The van der Waals surface area contributed by atoms with Crippen LogP contribution in [0.1, 0.15) is 11.8 Å². The van der Waals surface area contributed by atoms with Gasteiger partial charge in [-0.2, -0.15) is 0 Å². The van der Waals surface area contributed by atoms with Crippen LogP contribution >= 0.6 is 11.3 Å². The van der Waals surface area contributed by atoms with E-state index < -0.39 is 10.0 Å². The van der Waals surface area contributed by atoms with Crippen LogP contribution in [0.5, 0.6) is 0 Å². The second-order valence-electron chi connectivity index (χ2n) is 3.19. The largest absolute Gasteiger partial charge is 0.327 e. The van der Waals surface area contributed by atoms with E-state index in [9.17, 15) is 8.42 Å². The van der Waals surface area contributed by atoms with Gasteiger partial charge in [0.1, 0.15) is 4.21 Å². The fourth-order valence-corrected chi connectivity index (χ4v) is 3.34. The van der Waals surface area contributed by atoms with Gasteiger partial charge in [-0.1, -0.05) is 0 Å². The minimum Gasteiger partial charge on any atom is -0.327 e. The summed E-state index contributed by atoms with van der Waals surface area (Å²) in [6, 6.07) is 3.21. The van der Waals surface area contributed by atoms with Gasteiger partial charge in [0.05, 0.1) is 0 Å². The van der Waals surface area contributed by atoms with E-state index in [0.29, 0.717) is 4.21 Å². The van der Waals surface area contributed by atoms with Gasteiger partial charge >= 0.3 is 0 Å². The molecule has 3 N–H and O–H groups in total. The van der Waals surface area contributed by atoms with E-state index in [-0.39, 0.29) is 12.6 Å². The maximum atomic E-state index is 11.6. The van der Waals surface area contributed by atoms with Crippen LogP contribution in [0.3, 0.4) is 0 Å². The number of thiophene rings is 1. The molecule has 1 atom stereocenters. The summed E-state index contributed by atoms with van der Waals surface area (Å²) in [5, 5.41) is 0. The number of aryl methyl sites for hydroxylation is 1. The Kier molecular flexibility index (Phi) is 3.65. The average molecular weight is 234 g/mol. The lowest BCUT2D eigenvalue weighted by atomic mass is 10.4. The molecule has 80 valence electrons. The highest BCUT2D eigenvalue weighted by Gasteiger charge is 2.15. The predicted octanol–water partition coefficient (Wildman–Crippen LogP) is 0.682. The first-order chi connectivity index (χ1) is 6.42. The maximum Gasteiger partial charge on any atom is 0.250 e. The highest BCUT2D eigenvalue weighted by molar-refractivity contribution is 7.91. The maximum absolute atomic E-state index is 11.6. The lowest BCUT2D eigenvalue weighted by Crippen LogP contribution is -2.34. The predicted molar refractivity (Wildman–Crippen MR) is 57.9 cm³/mol. The lowest BCUT2D eigenvalue weighted by molar-refractivity contribution is 0.576. The molecule has 1 heterocycles. The highest BCUT2D eigenvalue weighted by Crippen LogP contribution is 2.19. The standard InChI is InChI=1S/C8H14N2O2S2/c1-6(9)5-10-14(11,12)8-4-3-7(2)13-8/h3-4,6,10H,5,9H2,1-2H3. The number of hydrogen-bond donors (Lipinski definition) is 2. The molecule has 14 heavy (non-hydrogen) atoms. The molecule has 6 heteroatoms. The van der Waals surface area contributed by atoms with E-state index in [2.05, 4.69) is 4.72 Å². The molecule has 1 unspecified atom stereocenters. The Balaban J connectivity index is 2.76. The third kappa shape index (κ3) is 3.06. The molecule has 0 radical (unpaired) electrons. The smallest absolute Gasteiger partial charge is 0.250 e. The summed E-state index contributed by atoms with van der Waals surface area (Å²) in [4.78, 5) is 0.978. The van der Waals surface area contributed by atoms with Crippen LogP contribution in [-0.4, -0.2) is 21.0 Å². The van der Waals surface area contributed by atoms with Gasteiger partial charge in [0.25, 0.3) is 0 Å². The normalized spacial score (nSPS) is 14.2. The van der Waals surface area contributed by atoms with Crippen molar-refractivity contribution in [3.05, 3.63) is 17.0 Å². The quantitative estimate of drug-likeness (QED) is 0.804. The number of hydrogen-bond acceptors (Lipinski definition) is 4.